The molecule has 5 heteroatoms. The van der Waals surface area contributed by atoms with Crippen molar-refractivity contribution in [2.75, 3.05) is 81.1 Å². The third-order valence-electron chi connectivity index (χ3n) is 11.2. The van der Waals surface area contributed by atoms with Crippen molar-refractivity contribution in [2.45, 2.75) is 206 Å². The van der Waals surface area contributed by atoms with Crippen LogP contribution in [0.15, 0.2) is 0 Å². The molecule has 3 atom stereocenters. The number of aliphatic hydroxyl groups is 2. The van der Waals surface area contributed by atoms with Gasteiger partial charge in [-0.3, -0.25) is 0 Å². The third kappa shape index (κ3) is 32.2. The molecule has 0 rings (SSSR count). The van der Waals surface area contributed by atoms with Crippen molar-refractivity contribution >= 4 is 0 Å². The first kappa shape index (κ1) is 48.8. The summed E-state index contributed by atoms with van der Waals surface area (Å²) in [5.74, 6) is 0. The van der Waals surface area contributed by atoms with Crippen molar-refractivity contribution in [2.24, 2.45) is 0 Å². The van der Waals surface area contributed by atoms with E-state index in [0.717, 1.165) is 59.3 Å². The molecular formula is C44H96N3O2+3. The first-order valence-electron chi connectivity index (χ1n) is 22.2. The van der Waals surface area contributed by atoms with Gasteiger partial charge in [-0.2, -0.15) is 0 Å². The van der Waals surface area contributed by atoms with Crippen molar-refractivity contribution in [1.82, 2.24) is 0 Å². The normalized spacial score (nSPS) is 15.1. The number of hydrogen-bond donors (Lipinski definition) is 2. The van der Waals surface area contributed by atoms with Crippen molar-refractivity contribution in [1.29, 1.82) is 0 Å². The van der Waals surface area contributed by atoms with Gasteiger partial charge >= 0.3 is 0 Å². The Bertz CT molecular complexity index is 700. The number of hydrogen-bond acceptors (Lipinski definition) is 2. The molecule has 0 bridgehead atoms. The van der Waals surface area contributed by atoms with E-state index in [1.807, 2.05) is 0 Å². The molecule has 0 heterocycles. The molecule has 0 aromatic heterocycles. The first-order valence-corrected chi connectivity index (χ1v) is 22.2. The van der Waals surface area contributed by atoms with Gasteiger partial charge in [0.25, 0.3) is 0 Å². The molecule has 0 aromatic rings. The van der Waals surface area contributed by atoms with E-state index >= 15 is 0 Å². The first-order chi connectivity index (χ1) is 23.4. The molecule has 296 valence electrons. The summed E-state index contributed by atoms with van der Waals surface area (Å²) in [5.41, 5.74) is 0. The van der Waals surface area contributed by atoms with Gasteiger partial charge < -0.3 is 23.7 Å². The molecule has 0 aliphatic rings. The predicted molar refractivity (Wildman–Crippen MR) is 218 cm³/mol. The van der Waals surface area contributed by atoms with E-state index in [1.165, 1.54) is 173 Å². The number of quaternary nitrogens is 3. The van der Waals surface area contributed by atoms with Crippen LogP contribution in [0.2, 0.25) is 0 Å². The Hall–Kier alpha value is -0.200. The summed E-state index contributed by atoms with van der Waals surface area (Å²) in [6.07, 6.45) is 35.8. The van der Waals surface area contributed by atoms with Crippen molar-refractivity contribution in [3.63, 3.8) is 0 Å². The van der Waals surface area contributed by atoms with Crippen LogP contribution in [0.4, 0.5) is 0 Å². The number of rotatable bonds is 38. The smallest absolute Gasteiger partial charge is 0.152 e. The van der Waals surface area contributed by atoms with Gasteiger partial charge in [0.05, 0.1) is 54.9 Å². The summed E-state index contributed by atoms with van der Waals surface area (Å²) in [7, 11) is 11.5. The van der Waals surface area contributed by atoms with Crippen LogP contribution in [0.1, 0.15) is 194 Å². The maximum Gasteiger partial charge on any atom is 0.152 e. The average Bonchev–Trinajstić information content (AvgIpc) is 3.01. The Kier molecular flexibility index (Phi) is 31.2. The van der Waals surface area contributed by atoms with Gasteiger partial charge in [0.1, 0.15) is 26.2 Å². The predicted octanol–water partition coefficient (Wildman–Crippen LogP) is 10.9. The standard InChI is InChI=1S/C44H96N3O2/c1-9-12-15-18-21-23-25-28-31-34-37-46(6,7)40-44(49)42-47(8,38-35-32-29-26-24-22-19-16-13-10-2)41-43(48)39-45(4,5)36-33-30-27-20-17-14-11-3/h43-44,48-49H,9-42H2,1-8H3/q+3. The van der Waals surface area contributed by atoms with Crippen LogP contribution in [0.25, 0.3) is 0 Å². The SMILES string of the molecule is CCCCCCCCCCCC[N+](C)(C)CC(O)C[N+](C)(CCCCCCCCCCCC)CC(O)C[N+](C)(C)CCCCCCCCC. The van der Waals surface area contributed by atoms with E-state index in [-0.39, 0.29) is 12.2 Å². The molecule has 2 N–H and O–H groups in total. The van der Waals surface area contributed by atoms with Crippen LogP contribution in [0.5, 0.6) is 0 Å². The molecule has 0 spiro atoms. The van der Waals surface area contributed by atoms with Crippen LogP contribution in [-0.2, 0) is 0 Å². The molecule has 5 nitrogen and oxygen atoms in total. The van der Waals surface area contributed by atoms with E-state index in [2.05, 4.69) is 56.0 Å². The van der Waals surface area contributed by atoms with Gasteiger partial charge in [-0.1, -0.05) is 156 Å². The minimum atomic E-state index is -0.339. The van der Waals surface area contributed by atoms with Gasteiger partial charge in [-0.15, -0.1) is 0 Å². The lowest BCUT2D eigenvalue weighted by atomic mass is 10.1. The summed E-state index contributed by atoms with van der Waals surface area (Å²) in [4.78, 5) is 0. The molecule has 0 fully saturated rings. The number of aliphatic hydroxyl groups excluding tert-OH is 2. The lowest BCUT2D eigenvalue weighted by molar-refractivity contribution is -0.935. The highest BCUT2D eigenvalue weighted by Crippen LogP contribution is 2.18. The molecule has 49 heavy (non-hydrogen) atoms. The minimum absolute atomic E-state index is 0.339. The Morgan fingerprint density at radius 3 is 0.796 bits per heavy atom. The van der Waals surface area contributed by atoms with Gasteiger partial charge in [0.15, 0.2) is 12.2 Å². The van der Waals surface area contributed by atoms with Gasteiger partial charge in [-0.25, -0.2) is 0 Å². The summed E-state index contributed by atoms with van der Waals surface area (Å²) in [5, 5.41) is 23.0. The molecule has 0 saturated carbocycles. The minimum Gasteiger partial charge on any atom is -0.382 e. The van der Waals surface area contributed by atoms with Crippen LogP contribution in [0, 0.1) is 0 Å². The van der Waals surface area contributed by atoms with Gasteiger partial charge in [0.2, 0.25) is 0 Å². The largest absolute Gasteiger partial charge is 0.382 e. The lowest BCUT2D eigenvalue weighted by Gasteiger charge is -2.41. The molecule has 3 unspecified atom stereocenters. The Labute approximate surface area is 310 Å². The molecule has 0 aliphatic heterocycles. The lowest BCUT2D eigenvalue weighted by Crippen LogP contribution is -2.59. The fourth-order valence-corrected chi connectivity index (χ4v) is 8.22. The zero-order chi connectivity index (χ0) is 36.7. The van der Waals surface area contributed by atoms with E-state index in [4.69, 9.17) is 0 Å². The van der Waals surface area contributed by atoms with E-state index in [0.29, 0.717) is 0 Å². The fraction of sp³-hybridized carbons (Fsp3) is 1.00. The summed E-state index contributed by atoms with van der Waals surface area (Å²) < 4.78 is 2.57. The number of nitrogens with zero attached hydrogens (tertiary/aromatic N) is 3. The quantitative estimate of drug-likeness (QED) is 0.0498. The molecular weight excluding hydrogens is 603 g/mol. The van der Waals surface area contributed by atoms with E-state index in [1.54, 1.807) is 0 Å². The zero-order valence-electron chi connectivity index (χ0n) is 35.4. The number of unbranched alkanes of at least 4 members (excludes halogenated alkanes) is 24. The highest BCUT2D eigenvalue weighted by Gasteiger charge is 2.33. The van der Waals surface area contributed by atoms with Crippen LogP contribution in [0.3, 0.4) is 0 Å². The van der Waals surface area contributed by atoms with E-state index < -0.39 is 0 Å². The van der Waals surface area contributed by atoms with Crippen LogP contribution in [-0.4, -0.2) is 117 Å². The maximum absolute atomic E-state index is 11.5. The molecule has 0 aliphatic carbocycles. The van der Waals surface area contributed by atoms with Crippen molar-refractivity contribution < 1.29 is 23.7 Å². The Balaban J connectivity index is 4.86. The Morgan fingerprint density at radius 2 is 0.531 bits per heavy atom. The molecule has 0 amide bonds. The summed E-state index contributed by atoms with van der Waals surface area (Å²) in [6.45, 7) is 13.3. The molecule has 0 saturated heterocycles. The monoisotopic (exact) mass is 699 g/mol. The zero-order valence-corrected chi connectivity index (χ0v) is 35.4. The van der Waals surface area contributed by atoms with E-state index in [9.17, 15) is 10.2 Å². The second kappa shape index (κ2) is 31.3. The topological polar surface area (TPSA) is 40.5 Å². The summed E-state index contributed by atoms with van der Waals surface area (Å²) >= 11 is 0. The van der Waals surface area contributed by atoms with Crippen LogP contribution < -0.4 is 0 Å². The van der Waals surface area contributed by atoms with Crippen molar-refractivity contribution in [3.05, 3.63) is 0 Å². The number of likely N-dealkylation sites (N-methyl/N-ethyl adjacent to an activating group) is 3. The Morgan fingerprint density at radius 1 is 0.306 bits per heavy atom. The van der Waals surface area contributed by atoms with Crippen LogP contribution >= 0.6 is 0 Å². The average molecular weight is 699 g/mol. The second-order valence-electron chi connectivity index (χ2n) is 18.2. The molecule has 0 radical (unpaired) electrons. The van der Waals surface area contributed by atoms with Gasteiger partial charge in [-0.05, 0) is 38.5 Å². The third-order valence-corrected chi connectivity index (χ3v) is 11.2. The van der Waals surface area contributed by atoms with Gasteiger partial charge in [0, 0.05) is 0 Å². The highest BCUT2D eigenvalue weighted by atomic mass is 16.3. The maximum atomic E-state index is 11.5. The highest BCUT2D eigenvalue weighted by molar-refractivity contribution is 4.61. The second-order valence-corrected chi connectivity index (χ2v) is 18.2. The van der Waals surface area contributed by atoms with Crippen molar-refractivity contribution in [3.8, 4) is 0 Å². The summed E-state index contributed by atoms with van der Waals surface area (Å²) in [6, 6.07) is 0. The fourth-order valence-electron chi connectivity index (χ4n) is 8.22. The molecule has 0 aromatic carbocycles.